The molecule has 2 amide bonds. The molecule has 1 aromatic heterocycles. The topological polar surface area (TPSA) is 77.7 Å². The number of benzene rings is 3. The van der Waals surface area contributed by atoms with Crippen molar-refractivity contribution >= 4 is 22.7 Å². The lowest BCUT2D eigenvalue weighted by atomic mass is 9.93. The fraction of sp³-hybridized carbons (Fsp3) is 0.290. The van der Waals surface area contributed by atoms with E-state index in [2.05, 4.69) is 21.3 Å². The van der Waals surface area contributed by atoms with Crippen LogP contribution in [-0.4, -0.2) is 66.4 Å². The van der Waals surface area contributed by atoms with Crippen molar-refractivity contribution in [3.8, 4) is 17.0 Å². The number of likely N-dealkylation sites (tertiary alicyclic amines) is 1. The van der Waals surface area contributed by atoms with Gasteiger partial charge in [0.15, 0.2) is 0 Å². The van der Waals surface area contributed by atoms with Crippen LogP contribution in [0.2, 0.25) is 0 Å². The average Bonchev–Trinajstić information content (AvgIpc) is 3.66. The van der Waals surface area contributed by atoms with Gasteiger partial charge < -0.3 is 24.8 Å². The number of carbonyl (C=O) groups is 2. The number of methoxy groups -OCH3 is 1. The molecule has 3 aromatic carbocycles. The highest BCUT2D eigenvalue weighted by atomic mass is 16.5. The number of nitrogens with one attached hydrogen (secondary N) is 2. The third kappa shape index (κ3) is 4.43. The maximum atomic E-state index is 13.7. The fourth-order valence-corrected chi connectivity index (χ4v) is 5.87. The Morgan fingerprint density at radius 3 is 2.66 bits per heavy atom. The summed E-state index contributed by atoms with van der Waals surface area (Å²) >= 11 is 0. The number of aromatic amines is 1. The van der Waals surface area contributed by atoms with Gasteiger partial charge in [-0.2, -0.15) is 0 Å². The maximum Gasteiger partial charge on any atom is 0.255 e. The van der Waals surface area contributed by atoms with Crippen LogP contribution in [0, 0.1) is 0 Å². The van der Waals surface area contributed by atoms with Gasteiger partial charge in [-0.1, -0.05) is 48.5 Å². The molecule has 6 rings (SSSR count). The van der Waals surface area contributed by atoms with E-state index in [9.17, 15) is 9.59 Å². The van der Waals surface area contributed by atoms with Crippen LogP contribution < -0.4 is 10.1 Å². The first-order chi connectivity index (χ1) is 18.6. The Morgan fingerprint density at radius 1 is 1.03 bits per heavy atom. The molecule has 0 unspecified atom stereocenters. The quantitative estimate of drug-likeness (QED) is 0.365. The number of aromatic nitrogens is 1. The van der Waals surface area contributed by atoms with E-state index in [1.165, 1.54) is 12.8 Å². The molecule has 194 valence electrons. The Labute approximate surface area is 222 Å². The number of rotatable bonds is 8. The van der Waals surface area contributed by atoms with Gasteiger partial charge in [-0.3, -0.25) is 9.59 Å². The second-order valence-corrected chi connectivity index (χ2v) is 10.0. The van der Waals surface area contributed by atoms with Gasteiger partial charge in [0.1, 0.15) is 12.3 Å². The summed E-state index contributed by atoms with van der Waals surface area (Å²) in [6.45, 7) is 3.60. The molecule has 4 aromatic rings. The minimum absolute atomic E-state index is 0.00472. The third-order valence-corrected chi connectivity index (χ3v) is 7.70. The van der Waals surface area contributed by atoms with Crippen LogP contribution in [-0.2, 0) is 4.79 Å². The summed E-state index contributed by atoms with van der Waals surface area (Å²) in [6, 6.07) is 23.3. The van der Waals surface area contributed by atoms with Crippen LogP contribution in [0.1, 0.15) is 40.4 Å². The summed E-state index contributed by atoms with van der Waals surface area (Å²) in [5.41, 5.74) is 5.39. The molecule has 2 aliphatic heterocycles. The fourth-order valence-electron chi connectivity index (χ4n) is 5.87. The molecule has 0 radical (unpaired) electrons. The molecule has 0 saturated carbocycles. The van der Waals surface area contributed by atoms with Crippen LogP contribution in [0.5, 0.6) is 5.75 Å². The van der Waals surface area contributed by atoms with Crippen molar-refractivity contribution in [3.05, 3.63) is 89.5 Å². The Hall–Kier alpha value is -4.10. The molecule has 0 aliphatic carbocycles. The number of hydrogen-bond acceptors (Lipinski definition) is 4. The molecule has 2 aliphatic rings. The lowest BCUT2D eigenvalue weighted by molar-refractivity contribution is -0.122. The second-order valence-electron chi connectivity index (χ2n) is 10.0. The molecule has 0 bridgehead atoms. The van der Waals surface area contributed by atoms with E-state index in [1.54, 1.807) is 12.0 Å². The summed E-state index contributed by atoms with van der Waals surface area (Å²) in [5, 5.41) is 4.08. The Kier molecular flexibility index (Phi) is 6.60. The molecule has 7 nitrogen and oxygen atoms in total. The van der Waals surface area contributed by atoms with Crippen molar-refractivity contribution in [2.45, 2.75) is 18.9 Å². The number of amides is 2. The van der Waals surface area contributed by atoms with Gasteiger partial charge in [0, 0.05) is 40.7 Å². The first-order valence-corrected chi connectivity index (χ1v) is 13.3. The highest BCUT2D eigenvalue weighted by molar-refractivity contribution is 6.03. The van der Waals surface area contributed by atoms with Crippen molar-refractivity contribution in [2.75, 3.05) is 39.8 Å². The lowest BCUT2D eigenvalue weighted by Crippen LogP contribution is -2.41. The summed E-state index contributed by atoms with van der Waals surface area (Å²) in [4.78, 5) is 34.5. The number of fused-ring (bicyclic) bond motifs is 2. The zero-order valence-electron chi connectivity index (χ0n) is 21.6. The van der Waals surface area contributed by atoms with Crippen LogP contribution in [0.4, 0.5) is 0 Å². The van der Waals surface area contributed by atoms with E-state index >= 15 is 0 Å². The molecule has 7 heteroatoms. The summed E-state index contributed by atoms with van der Waals surface area (Å²) in [7, 11) is 1.65. The van der Waals surface area contributed by atoms with Crippen LogP contribution >= 0.6 is 0 Å². The van der Waals surface area contributed by atoms with E-state index in [4.69, 9.17) is 4.74 Å². The number of para-hydroxylation sites is 1. The largest absolute Gasteiger partial charge is 0.497 e. The van der Waals surface area contributed by atoms with Gasteiger partial charge in [-0.05, 0) is 55.8 Å². The smallest absolute Gasteiger partial charge is 0.255 e. The number of hydrogen-bond donors (Lipinski definition) is 2. The molecule has 38 heavy (non-hydrogen) atoms. The normalized spacial score (nSPS) is 17.2. The Morgan fingerprint density at radius 2 is 1.82 bits per heavy atom. The minimum atomic E-state index is -0.402. The predicted octanol–water partition coefficient (Wildman–Crippen LogP) is 4.60. The molecular weight excluding hydrogens is 476 g/mol. The van der Waals surface area contributed by atoms with Crippen LogP contribution in [0.25, 0.3) is 22.2 Å². The molecule has 0 spiro atoms. The second kappa shape index (κ2) is 10.3. The average molecular weight is 509 g/mol. The minimum Gasteiger partial charge on any atom is -0.497 e. The van der Waals surface area contributed by atoms with E-state index in [0.717, 1.165) is 58.7 Å². The summed E-state index contributed by atoms with van der Waals surface area (Å²) in [5.74, 6) is 0.490. The predicted molar refractivity (Wildman–Crippen MR) is 148 cm³/mol. The van der Waals surface area contributed by atoms with E-state index in [0.29, 0.717) is 12.1 Å². The Bertz CT molecular complexity index is 1490. The first kappa shape index (κ1) is 24.2. The first-order valence-electron chi connectivity index (χ1n) is 13.3. The van der Waals surface area contributed by atoms with Gasteiger partial charge in [-0.25, -0.2) is 0 Å². The van der Waals surface area contributed by atoms with Crippen molar-refractivity contribution in [3.63, 3.8) is 0 Å². The number of carbonyl (C=O) groups excluding carboxylic acids is 2. The molecular formula is C31H32N4O3. The number of nitrogens with zero attached hydrogens (tertiary/aromatic N) is 2. The number of H-pyrrole nitrogens is 1. The van der Waals surface area contributed by atoms with Gasteiger partial charge in [0.05, 0.1) is 18.8 Å². The van der Waals surface area contributed by atoms with Crippen molar-refractivity contribution < 1.29 is 14.3 Å². The monoisotopic (exact) mass is 508 g/mol. The maximum absolute atomic E-state index is 13.7. The molecule has 2 N–H and O–H groups in total. The molecule has 3 heterocycles. The van der Waals surface area contributed by atoms with Crippen molar-refractivity contribution in [1.82, 2.24) is 20.1 Å². The molecule has 1 fully saturated rings. The Balaban J connectivity index is 1.39. The van der Waals surface area contributed by atoms with Crippen LogP contribution in [0.3, 0.4) is 0 Å². The van der Waals surface area contributed by atoms with Gasteiger partial charge in [-0.15, -0.1) is 0 Å². The van der Waals surface area contributed by atoms with Crippen LogP contribution in [0.15, 0.2) is 72.8 Å². The summed E-state index contributed by atoms with van der Waals surface area (Å²) < 4.78 is 5.50. The SMILES string of the molecule is COc1cccc(-c2[nH]c3ccccc3c2[C@@H]2c3ccccc3C(=O)N2CC(=O)NCCN2CCCC2)c1. The van der Waals surface area contributed by atoms with Gasteiger partial charge in [0.25, 0.3) is 5.91 Å². The van der Waals surface area contributed by atoms with E-state index < -0.39 is 6.04 Å². The standard InChI is InChI=1S/C31H32N4O3/c1-38-22-10-8-9-21(19-22)29-28(25-13-4-5-14-26(25)33-29)30-23-11-2-3-12-24(23)31(37)35(30)20-27(36)32-15-18-34-16-6-7-17-34/h2-5,8-14,19,30,33H,6-7,15-18,20H2,1H3,(H,32,36)/t30-/m0/s1. The highest BCUT2D eigenvalue weighted by Crippen LogP contribution is 2.45. The lowest BCUT2D eigenvalue weighted by Gasteiger charge is -2.26. The van der Waals surface area contributed by atoms with Gasteiger partial charge in [0.2, 0.25) is 5.91 Å². The molecule has 1 saturated heterocycles. The van der Waals surface area contributed by atoms with E-state index in [-0.39, 0.29) is 18.4 Å². The molecule has 1 atom stereocenters. The van der Waals surface area contributed by atoms with Gasteiger partial charge >= 0.3 is 0 Å². The van der Waals surface area contributed by atoms with Crippen molar-refractivity contribution in [1.29, 1.82) is 0 Å². The van der Waals surface area contributed by atoms with Crippen molar-refractivity contribution in [2.24, 2.45) is 0 Å². The highest BCUT2D eigenvalue weighted by Gasteiger charge is 2.41. The van der Waals surface area contributed by atoms with E-state index in [1.807, 2.05) is 66.7 Å². The zero-order chi connectivity index (χ0) is 26.1. The third-order valence-electron chi connectivity index (χ3n) is 7.70. The summed E-state index contributed by atoms with van der Waals surface area (Å²) in [6.07, 6.45) is 2.44. The number of ether oxygens (including phenoxy) is 1. The zero-order valence-corrected chi connectivity index (χ0v) is 21.6.